The van der Waals surface area contributed by atoms with E-state index in [1.807, 2.05) is 6.07 Å². The van der Waals surface area contributed by atoms with Crippen molar-refractivity contribution in [3.8, 4) is 6.07 Å². The minimum Gasteiger partial charge on any atom is -0.321 e. The van der Waals surface area contributed by atoms with Gasteiger partial charge in [0.25, 0.3) is 0 Å². The van der Waals surface area contributed by atoms with Gasteiger partial charge in [0.2, 0.25) is 0 Å². The molecule has 2 aromatic rings. The molecule has 0 aromatic heterocycles. The summed E-state index contributed by atoms with van der Waals surface area (Å²) in [6.45, 7) is 0.373. The molecule has 0 aliphatic heterocycles. The van der Waals surface area contributed by atoms with Crippen LogP contribution >= 0.6 is 0 Å². The van der Waals surface area contributed by atoms with Gasteiger partial charge in [-0.3, -0.25) is 0 Å². The molecule has 0 amide bonds. The van der Waals surface area contributed by atoms with Gasteiger partial charge in [-0.05, 0) is 42.0 Å². The van der Waals surface area contributed by atoms with Crippen LogP contribution in [0.3, 0.4) is 0 Å². The Kier molecular flexibility index (Phi) is 4.45. The number of nitrogens with zero attached hydrogens (tertiary/aromatic N) is 1. The SMILES string of the molecule is N#Cc1ccc(NNCc2ccc(C(F)(F)F)cc2)cc1. The topological polar surface area (TPSA) is 47.9 Å². The number of hydrogen-bond acceptors (Lipinski definition) is 3. The van der Waals surface area contributed by atoms with Crippen LogP contribution in [0.2, 0.25) is 0 Å². The van der Waals surface area contributed by atoms with E-state index in [9.17, 15) is 13.2 Å². The van der Waals surface area contributed by atoms with Crippen LogP contribution in [0.25, 0.3) is 0 Å². The summed E-state index contributed by atoms with van der Waals surface area (Å²) in [7, 11) is 0. The van der Waals surface area contributed by atoms with Gasteiger partial charge in [-0.1, -0.05) is 12.1 Å². The lowest BCUT2D eigenvalue weighted by atomic mass is 10.1. The smallest absolute Gasteiger partial charge is 0.321 e. The molecule has 2 rings (SSSR count). The third-order valence-corrected chi connectivity index (χ3v) is 2.82. The Hall–Kier alpha value is -2.52. The van der Waals surface area contributed by atoms with Gasteiger partial charge >= 0.3 is 6.18 Å². The lowest BCUT2D eigenvalue weighted by Crippen LogP contribution is -2.20. The lowest BCUT2D eigenvalue weighted by Gasteiger charge is -2.10. The Labute approximate surface area is 120 Å². The van der Waals surface area contributed by atoms with E-state index in [2.05, 4.69) is 10.9 Å². The van der Waals surface area contributed by atoms with Crippen molar-refractivity contribution in [2.75, 3.05) is 5.43 Å². The van der Waals surface area contributed by atoms with Gasteiger partial charge < -0.3 is 5.43 Å². The maximum atomic E-state index is 12.4. The summed E-state index contributed by atoms with van der Waals surface area (Å²) in [6.07, 6.45) is -4.31. The van der Waals surface area contributed by atoms with Crippen molar-refractivity contribution in [3.05, 3.63) is 65.2 Å². The summed E-state index contributed by atoms with van der Waals surface area (Å²) in [4.78, 5) is 0. The molecule has 0 bridgehead atoms. The summed E-state index contributed by atoms with van der Waals surface area (Å²) < 4.78 is 37.2. The Morgan fingerprint density at radius 2 is 1.57 bits per heavy atom. The van der Waals surface area contributed by atoms with Gasteiger partial charge in [0.15, 0.2) is 0 Å². The van der Waals surface area contributed by atoms with Crippen molar-refractivity contribution in [2.24, 2.45) is 0 Å². The van der Waals surface area contributed by atoms with E-state index in [0.29, 0.717) is 12.1 Å². The third kappa shape index (κ3) is 4.23. The zero-order valence-corrected chi connectivity index (χ0v) is 10.9. The third-order valence-electron chi connectivity index (χ3n) is 2.82. The van der Waals surface area contributed by atoms with Crippen LogP contribution in [-0.2, 0) is 12.7 Å². The molecule has 0 fully saturated rings. The zero-order chi connectivity index (χ0) is 15.3. The van der Waals surface area contributed by atoms with Gasteiger partial charge in [-0.15, -0.1) is 0 Å². The minimum atomic E-state index is -4.31. The first-order valence-corrected chi connectivity index (χ1v) is 6.14. The number of rotatable bonds is 4. The Morgan fingerprint density at radius 3 is 2.10 bits per heavy atom. The van der Waals surface area contributed by atoms with E-state index < -0.39 is 11.7 Å². The number of hydrazine groups is 1. The number of nitrogens with one attached hydrogen (secondary N) is 2. The Morgan fingerprint density at radius 1 is 0.952 bits per heavy atom. The Bertz CT molecular complexity index is 625. The molecule has 0 aliphatic rings. The van der Waals surface area contributed by atoms with E-state index in [1.54, 1.807) is 24.3 Å². The van der Waals surface area contributed by atoms with Crippen molar-refractivity contribution in [3.63, 3.8) is 0 Å². The first kappa shape index (κ1) is 14.9. The molecule has 108 valence electrons. The zero-order valence-electron chi connectivity index (χ0n) is 10.9. The average Bonchev–Trinajstić information content (AvgIpc) is 2.47. The minimum absolute atomic E-state index is 0.373. The van der Waals surface area contributed by atoms with E-state index in [4.69, 9.17) is 5.26 Å². The predicted octanol–water partition coefficient (Wildman–Crippen LogP) is 3.69. The second-order valence-corrected chi connectivity index (χ2v) is 4.36. The quantitative estimate of drug-likeness (QED) is 0.844. The van der Waals surface area contributed by atoms with E-state index >= 15 is 0 Å². The first-order valence-electron chi connectivity index (χ1n) is 6.14. The van der Waals surface area contributed by atoms with Crippen molar-refractivity contribution in [1.29, 1.82) is 5.26 Å². The molecular weight excluding hydrogens is 279 g/mol. The predicted molar refractivity (Wildman–Crippen MR) is 73.1 cm³/mol. The van der Waals surface area contributed by atoms with Crippen LogP contribution in [0.15, 0.2) is 48.5 Å². The molecule has 2 N–H and O–H groups in total. The molecule has 0 radical (unpaired) electrons. The number of halogens is 3. The maximum absolute atomic E-state index is 12.4. The van der Waals surface area contributed by atoms with Gasteiger partial charge in [0.1, 0.15) is 0 Å². The summed E-state index contributed by atoms with van der Waals surface area (Å²) in [5.74, 6) is 0. The standard InChI is InChI=1S/C15H12F3N3/c16-15(17,18)13-5-1-12(2-6-13)10-20-21-14-7-3-11(9-19)4-8-14/h1-8,20-21H,10H2. The average molecular weight is 291 g/mol. The number of alkyl halides is 3. The first-order chi connectivity index (χ1) is 9.99. The molecule has 0 spiro atoms. The van der Waals surface area contributed by atoms with Crippen LogP contribution < -0.4 is 10.9 Å². The van der Waals surface area contributed by atoms with Crippen LogP contribution in [0, 0.1) is 11.3 Å². The van der Waals surface area contributed by atoms with Crippen LogP contribution in [0.4, 0.5) is 18.9 Å². The number of nitriles is 1. The van der Waals surface area contributed by atoms with Crippen molar-refractivity contribution in [2.45, 2.75) is 12.7 Å². The monoisotopic (exact) mass is 291 g/mol. The van der Waals surface area contributed by atoms with Gasteiger partial charge in [-0.2, -0.15) is 18.4 Å². The fourth-order valence-electron chi connectivity index (χ4n) is 1.69. The van der Waals surface area contributed by atoms with Gasteiger partial charge in [0, 0.05) is 12.2 Å². The molecule has 0 unspecified atom stereocenters. The molecule has 0 aliphatic carbocycles. The molecule has 0 saturated carbocycles. The summed E-state index contributed by atoms with van der Waals surface area (Å²) >= 11 is 0. The van der Waals surface area contributed by atoms with E-state index in [1.165, 1.54) is 12.1 Å². The highest BCUT2D eigenvalue weighted by atomic mass is 19.4. The van der Waals surface area contributed by atoms with Gasteiger partial charge in [0.05, 0.1) is 17.2 Å². The van der Waals surface area contributed by atoms with Gasteiger partial charge in [-0.25, -0.2) is 5.43 Å². The molecule has 3 nitrogen and oxygen atoms in total. The normalized spacial score (nSPS) is 11.0. The maximum Gasteiger partial charge on any atom is 0.416 e. The largest absolute Gasteiger partial charge is 0.416 e. The lowest BCUT2D eigenvalue weighted by molar-refractivity contribution is -0.137. The number of hydrogen-bond donors (Lipinski definition) is 2. The van der Waals surface area contributed by atoms with Crippen molar-refractivity contribution >= 4 is 5.69 Å². The molecule has 0 heterocycles. The molecule has 0 atom stereocenters. The van der Waals surface area contributed by atoms with Crippen molar-refractivity contribution in [1.82, 2.24) is 5.43 Å². The molecule has 0 saturated heterocycles. The summed E-state index contributed by atoms with van der Waals surface area (Å²) in [5.41, 5.74) is 7.20. The molecule has 21 heavy (non-hydrogen) atoms. The highest BCUT2D eigenvalue weighted by Gasteiger charge is 2.29. The second-order valence-electron chi connectivity index (χ2n) is 4.36. The summed E-state index contributed by atoms with van der Waals surface area (Å²) in [6, 6.07) is 13.8. The fraction of sp³-hybridized carbons (Fsp3) is 0.133. The molecule has 6 heteroatoms. The Balaban J connectivity index is 1.87. The van der Waals surface area contributed by atoms with Crippen LogP contribution in [0.5, 0.6) is 0 Å². The molecular formula is C15H12F3N3. The van der Waals surface area contributed by atoms with Crippen LogP contribution in [0.1, 0.15) is 16.7 Å². The van der Waals surface area contributed by atoms with E-state index in [-0.39, 0.29) is 0 Å². The van der Waals surface area contributed by atoms with Crippen molar-refractivity contribution < 1.29 is 13.2 Å². The molecule has 2 aromatic carbocycles. The van der Waals surface area contributed by atoms with Crippen LogP contribution in [-0.4, -0.2) is 0 Å². The highest BCUT2D eigenvalue weighted by Crippen LogP contribution is 2.29. The fourth-order valence-corrected chi connectivity index (χ4v) is 1.69. The summed E-state index contributed by atoms with van der Waals surface area (Å²) in [5, 5.41) is 8.67. The number of anilines is 1. The van der Waals surface area contributed by atoms with E-state index in [0.717, 1.165) is 23.4 Å². The highest BCUT2D eigenvalue weighted by molar-refractivity contribution is 5.46. The second kappa shape index (κ2) is 6.29. The number of benzene rings is 2.